The number of anilines is 1. The molecular weight excluding hydrogens is 288 g/mol. The first-order chi connectivity index (χ1) is 9.84. The molecule has 0 radical (unpaired) electrons. The second-order valence-corrected chi connectivity index (χ2v) is 4.34. The standard InChI is InChI=1S/C13H12F4N4/c14-10-2-1-7(13(15,16)17)5-8(10)12(21-19)9-6-20-4-3-11(9)18/h1-6,12,21H,19H2,(H2,18,20). The molecule has 4 nitrogen and oxygen atoms in total. The van der Waals surface area contributed by atoms with Gasteiger partial charge in [0, 0.05) is 29.2 Å². The third-order valence-corrected chi connectivity index (χ3v) is 3.00. The van der Waals surface area contributed by atoms with E-state index in [-0.39, 0.29) is 11.3 Å². The van der Waals surface area contributed by atoms with E-state index in [9.17, 15) is 17.6 Å². The number of hydrogen-bond donors (Lipinski definition) is 3. The number of aromatic nitrogens is 1. The first-order valence-electron chi connectivity index (χ1n) is 5.86. The fourth-order valence-corrected chi connectivity index (χ4v) is 1.95. The maximum Gasteiger partial charge on any atom is 0.416 e. The summed E-state index contributed by atoms with van der Waals surface area (Å²) in [5.41, 5.74) is 7.30. The van der Waals surface area contributed by atoms with Crippen LogP contribution in [0.2, 0.25) is 0 Å². The van der Waals surface area contributed by atoms with E-state index in [1.165, 1.54) is 18.5 Å². The lowest BCUT2D eigenvalue weighted by atomic mass is 9.97. The van der Waals surface area contributed by atoms with Crippen molar-refractivity contribution in [2.24, 2.45) is 5.84 Å². The van der Waals surface area contributed by atoms with Gasteiger partial charge in [0.25, 0.3) is 0 Å². The number of nitrogens with two attached hydrogens (primary N) is 2. The Morgan fingerprint density at radius 1 is 1.14 bits per heavy atom. The topological polar surface area (TPSA) is 77.0 Å². The highest BCUT2D eigenvalue weighted by molar-refractivity contribution is 5.50. The van der Waals surface area contributed by atoms with Gasteiger partial charge in [-0.15, -0.1) is 0 Å². The molecule has 1 aromatic heterocycles. The summed E-state index contributed by atoms with van der Waals surface area (Å²) in [5, 5.41) is 0. The maximum absolute atomic E-state index is 13.9. The number of nitrogens with zero attached hydrogens (tertiary/aromatic N) is 1. The minimum atomic E-state index is -4.58. The molecule has 2 aromatic rings. The predicted molar refractivity (Wildman–Crippen MR) is 69.2 cm³/mol. The molecule has 0 aliphatic carbocycles. The number of benzene rings is 1. The molecule has 1 aromatic carbocycles. The van der Waals surface area contributed by atoms with Gasteiger partial charge in [-0.3, -0.25) is 10.8 Å². The van der Waals surface area contributed by atoms with Crippen molar-refractivity contribution >= 4 is 5.69 Å². The number of nitrogen functional groups attached to an aromatic ring is 1. The predicted octanol–water partition coefficient (Wildman–Crippen LogP) is 2.37. The molecule has 0 saturated heterocycles. The largest absolute Gasteiger partial charge is 0.416 e. The van der Waals surface area contributed by atoms with Gasteiger partial charge in [0.05, 0.1) is 11.6 Å². The van der Waals surface area contributed by atoms with Gasteiger partial charge in [0.1, 0.15) is 5.82 Å². The number of alkyl halides is 3. The smallest absolute Gasteiger partial charge is 0.398 e. The van der Waals surface area contributed by atoms with E-state index in [0.717, 1.165) is 6.07 Å². The van der Waals surface area contributed by atoms with Crippen LogP contribution in [0, 0.1) is 5.82 Å². The quantitative estimate of drug-likeness (QED) is 0.462. The molecule has 5 N–H and O–H groups in total. The van der Waals surface area contributed by atoms with Gasteiger partial charge in [-0.05, 0) is 24.3 Å². The van der Waals surface area contributed by atoms with E-state index in [1.807, 2.05) is 0 Å². The highest BCUT2D eigenvalue weighted by Gasteiger charge is 2.32. The molecule has 0 bridgehead atoms. The van der Waals surface area contributed by atoms with Gasteiger partial charge >= 0.3 is 6.18 Å². The van der Waals surface area contributed by atoms with Gasteiger partial charge in [-0.25, -0.2) is 9.82 Å². The summed E-state index contributed by atoms with van der Waals surface area (Å²) in [6.45, 7) is 0. The van der Waals surface area contributed by atoms with Crippen molar-refractivity contribution in [3.05, 3.63) is 59.2 Å². The van der Waals surface area contributed by atoms with Crippen molar-refractivity contribution in [2.75, 3.05) is 5.73 Å². The summed E-state index contributed by atoms with van der Waals surface area (Å²) in [4.78, 5) is 3.82. The van der Waals surface area contributed by atoms with Crippen LogP contribution in [-0.4, -0.2) is 4.98 Å². The molecule has 1 unspecified atom stereocenters. The number of hydrogen-bond acceptors (Lipinski definition) is 4. The second kappa shape index (κ2) is 5.66. The van der Waals surface area contributed by atoms with Crippen LogP contribution in [-0.2, 0) is 6.18 Å². The van der Waals surface area contributed by atoms with E-state index in [4.69, 9.17) is 11.6 Å². The Morgan fingerprint density at radius 2 is 1.86 bits per heavy atom. The number of hydrazine groups is 1. The molecule has 0 aliphatic rings. The monoisotopic (exact) mass is 300 g/mol. The van der Waals surface area contributed by atoms with Crippen molar-refractivity contribution < 1.29 is 17.6 Å². The van der Waals surface area contributed by atoms with Crippen molar-refractivity contribution in [3.8, 4) is 0 Å². The van der Waals surface area contributed by atoms with Crippen LogP contribution in [0.1, 0.15) is 22.7 Å². The highest BCUT2D eigenvalue weighted by Crippen LogP contribution is 2.34. The Kier molecular flexibility index (Phi) is 4.10. The van der Waals surface area contributed by atoms with Crippen LogP contribution in [0.25, 0.3) is 0 Å². The summed E-state index contributed by atoms with van der Waals surface area (Å²) >= 11 is 0. The molecule has 0 saturated carbocycles. The average Bonchev–Trinajstić information content (AvgIpc) is 2.42. The van der Waals surface area contributed by atoms with Crippen LogP contribution < -0.4 is 17.0 Å². The lowest BCUT2D eigenvalue weighted by Gasteiger charge is -2.20. The summed E-state index contributed by atoms with van der Waals surface area (Å²) in [5.74, 6) is 4.53. The van der Waals surface area contributed by atoms with Crippen LogP contribution >= 0.6 is 0 Å². The normalized spacial score (nSPS) is 13.2. The summed E-state index contributed by atoms with van der Waals surface area (Å²) < 4.78 is 52.1. The first-order valence-corrected chi connectivity index (χ1v) is 5.86. The van der Waals surface area contributed by atoms with E-state index in [0.29, 0.717) is 17.7 Å². The fraction of sp³-hybridized carbons (Fsp3) is 0.154. The molecule has 0 fully saturated rings. The third kappa shape index (κ3) is 3.11. The van der Waals surface area contributed by atoms with Gasteiger partial charge in [0.15, 0.2) is 0 Å². The van der Waals surface area contributed by atoms with Crippen molar-refractivity contribution in [2.45, 2.75) is 12.2 Å². The van der Waals surface area contributed by atoms with E-state index in [1.54, 1.807) is 0 Å². The van der Waals surface area contributed by atoms with Gasteiger partial charge in [-0.1, -0.05) is 0 Å². The lowest BCUT2D eigenvalue weighted by Crippen LogP contribution is -2.30. The second-order valence-electron chi connectivity index (χ2n) is 4.34. The molecule has 112 valence electrons. The molecule has 8 heteroatoms. The Morgan fingerprint density at radius 3 is 2.43 bits per heavy atom. The van der Waals surface area contributed by atoms with Gasteiger partial charge in [0.2, 0.25) is 0 Å². The minimum Gasteiger partial charge on any atom is -0.398 e. The Balaban J connectivity index is 2.55. The summed E-state index contributed by atoms with van der Waals surface area (Å²) in [7, 11) is 0. The van der Waals surface area contributed by atoms with Crippen molar-refractivity contribution in [3.63, 3.8) is 0 Å². The zero-order chi connectivity index (χ0) is 15.6. The van der Waals surface area contributed by atoms with E-state index < -0.39 is 23.6 Å². The maximum atomic E-state index is 13.9. The number of halogens is 4. The Hall–Kier alpha value is -2.19. The number of pyridine rings is 1. The molecule has 1 heterocycles. The fourth-order valence-electron chi connectivity index (χ4n) is 1.95. The third-order valence-electron chi connectivity index (χ3n) is 3.00. The van der Waals surface area contributed by atoms with E-state index >= 15 is 0 Å². The van der Waals surface area contributed by atoms with Crippen LogP contribution in [0.4, 0.5) is 23.2 Å². The molecular formula is C13H12F4N4. The van der Waals surface area contributed by atoms with E-state index in [2.05, 4.69) is 10.4 Å². The zero-order valence-corrected chi connectivity index (χ0v) is 10.7. The highest BCUT2D eigenvalue weighted by atomic mass is 19.4. The van der Waals surface area contributed by atoms with Crippen LogP contribution in [0.5, 0.6) is 0 Å². The SMILES string of the molecule is NNC(c1cnccc1N)c1cc(C(F)(F)F)ccc1F. The molecule has 0 amide bonds. The molecule has 0 aliphatic heterocycles. The van der Waals surface area contributed by atoms with Crippen LogP contribution in [0.15, 0.2) is 36.7 Å². The zero-order valence-electron chi connectivity index (χ0n) is 10.7. The van der Waals surface area contributed by atoms with Crippen molar-refractivity contribution in [1.29, 1.82) is 0 Å². The molecule has 1 atom stereocenters. The summed E-state index contributed by atoms with van der Waals surface area (Å²) in [6.07, 6.45) is -1.85. The minimum absolute atomic E-state index is 0.241. The molecule has 21 heavy (non-hydrogen) atoms. The summed E-state index contributed by atoms with van der Waals surface area (Å²) in [6, 6.07) is 2.52. The molecule has 0 spiro atoms. The Labute approximate surface area is 117 Å². The Bertz CT molecular complexity index is 642. The van der Waals surface area contributed by atoms with Crippen molar-refractivity contribution in [1.82, 2.24) is 10.4 Å². The number of nitrogens with one attached hydrogen (secondary N) is 1. The first kappa shape index (κ1) is 15.2. The van der Waals surface area contributed by atoms with Crippen LogP contribution in [0.3, 0.4) is 0 Å². The molecule has 2 rings (SSSR count). The van der Waals surface area contributed by atoms with Gasteiger partial charge < -0.3 is 5.73 Å². The number of rotatable bonds is 3. The van der Waals surface area contributed by atoms with Gasteiger partial charge in [-0.2, -0.15) is 13.2 Å². The average molecular weight is 300 g/mol. The lowest BCUT2D eigenvalue weighted by molar-refractivity contribution is -0.137.